The molecule has 0 radical (unpaired) electrons. The predicted octanol–water partition coefficient (Wildman–Crippen LogP) is 2.74. The van der Waals surface area contributed by atoms with Crippen molar-refractivity contribution < 1.29 is 14.3 Å². The third-order valence-corrected chi connectivity index (χ3v) is 4.98. The summed E-state index contributed by atoms with van der Waals surface area (Å²) in [5, 5.41) is 11.8. The first-order valence-corrected chi connectivity index (χ1v) is 8.61. The predicted molar refractivity (Wildman–Crippen MR) is 87.2 cm³/mol. The highest BCUT2D eigenvalue weighted by Gasteiger charge is 2.44. The van der Waals surface area contributed by atoms with E-state index in [1.54, 1.807) is 24.3 Å². The maximum atomic E-state index is 12.5. The molecule has 0 aromatic carbocycles. The maximum Gasteiger partial charge on any atom is 0.331 e. The largest absolute Gasteiger partial charge is 0.464 e. The van der Waals surface area contributed by atoms with Crippen molar-refractivity contribution in [3.05, 3.63) is 29.3 Å². The van der Waals surface area contributed by atoms with Crippen molar-refractivity contribution in [2.45, 2.75) is 38.1 Å². The Morgan fingerprint density at radius 1 is 1.43 bits per heavy atom. The van der Waals surface area contributed by atoms with Gasteiger partial charge in [0.15, 0.2) is 5.69 Å². The quantitative estimate of drug-likeness (QED) is 0.824. The molecule has 0 atom stereocenters. The fourth-order valence-electron chi connectivity index (χ4n) is 2.91. The van der Waals surface area contributed by atoms with Crippen LogP contribution in [0, 0.1) is 0 Å². The molecular weight excluding hydrogens is 314 g/mol. The Hall–Kier alpha value is -2.15. The van der Waals surface area contributed by atoms with Crippen molar-refractivity contribution in [1.82, 2.24) is 15.5 Å². The standard InChI is InChI=1S/C16H19N3O3S/c1-2-22-15(21)16(7-3-4-8-16)17-14(20)12-10-11(18-19-12)13-6-5-9-23-13/h5-6,9-10H,2-4,7-8H2,1H3,(H,17,20)(H,18,19). The third kappa shape index (κ3) is 3.14. The average molecular weight is 333 g/mol. The van der Waals surface area contributed by atoms with Gasteiger partial charge in [-0.1, -0.05) is 18.9 Å². The number of rotatable bonds is 5. The summed E-state index contributed by atoms with van der Waals surface area (Å²) in [5.41, 5.74) is 0.167. The van der Waals surface area contributed by atoms with Crippen LogP contribution in [0.3, 0.4) is 0 Å². The molecule has 0 unspecified atom stereocenters. The molecule has 3 rings (SSSR count). The zero-order valence-corrected chi connectivity index (χ0v) is 13.7. The summed E-state index contributed by atoms with van der Waals surface area (Å²) in [4.78, 5) is 25.8. The minimum Gasteiger partial charge on any atom is -0.464 e. The highest BCUT2D eigenvalue weighted by molar-refractivity contribution is 7.13. The number of nitrogens with one attached hydrogen (secondary N) is 2. The van der Waals surface area contributed by atoms with Crippen molar-refractivity contribution in [2.24, 2.45) is 0 Å². The molecule has 6 nitrogen and oxygen atoms in total. The third-order valence-electron chi connectivity index (χ3n) is 4.07. The molecule has 23 heavy (non-hydrogen) atoms. The van der Waals surface area contributed by atoms with Gasteiger partial charge in [-0.2, -0.15) is 5.10 Å². The highest BCUT2D eigenvalue weighted by Crippen LogP contribution is 2.31. The van der Waals surface area contributed by atoms with E-state index in [2.05, 4.69) is 15.5 Å². The van der Waals surface area contributed by atoms with E-state index in [1.165, 1.54) is 0 Å². The van der Waals surface area contributed by atoms with Gasteiger partial charge in [0.1, 0.15) is 5.54 Å². The van der Waals surface area contributed by atoms with Gasteiger partial charge in [-0.25, -0.2) is 4.79 Å². The number of nitrogens with zero attached hydrogens (tertiary/aromatic N) is 1. The molecule has 0 aliphatic heterocycles. The van der Waals surface area contributed by atoms with Gasteiger partial charge in [-0.3, -0.25) is 9.89 Å². The Kier molecular flexibility index (Phi) is 4.47. The zero-order valence-electron chi connectivity index (χ0n) is 12.9. The Labute approximate surface area is 138 Å². The van der Waals surface area contributed by atoms with Gasteiger partial charge in [0.05, 0.1) is 17.2 Å². The smallest absolute Gasteiger partial charge is 0.331 e. The lowest BCUT2D eigenvalue weighted by Gasteiger charge is -2.27. The lowest BCUT2D eigenvalue weighted by molar-refractivity contribution is -0.150. The summed E-state index contributed by atoms with van der Waals surface area (Å²) in [6.07, 6.45) is 3.03. The molecule has 1 fully saturated rings. The Morgan fingerprint density at radius 3 is 2.87 bits per heavy atom. The van der Waals surface area contributed by atoms with E-state index in [0.29, 0.717) is 19.4 Å². The lowest BCUT2D eigenvalue weighted by atomic mass is 9.97. The molecular formula is C16H19N3O3S. The molecule has 2 heterocycles. The van der Waals surface area contributed by atoms with Crippen LogP contribution in [-0.2, 0) is 9.53 Å². The van der Waals surface area contributed by atoms with Crippen LogP contribution in [0.5, 0.6) is 0 Å². The van der Waals surface area contributed by atoms with Crippen LogP contribution in [0.1, 0.15) is 43.1 Å². The van der Waals surface area contributed by atoms with Crippen LogP contribution < -0.4 is 5.32 Å². The van der Waals surface area contributed by atoms with Crippen LogP contribution >= 0.6 is 11.3 Å². The van der Waals surface area contributed by atoms with Gasteiger partial charge >= 0.3 is 5.97 Å². The number of carbonyl (C=O) groups excluding carboxylic acids is 2. The Balaban J connectivity index is 1.76. The molecule has 2 aromatic heterocycles. The van der Waals surface area contributed by atoms with E-state index in [9.17, 15) is 9.59 Å². The van der Waals surface area contributed by atoms with Crippen LogP contribution in [0.4, 0.5) is 0 Å². The van der Waals surface area contributed by atoms with E-state index in [1.807, 2.05) is 17.5 Å². The first-order valence-electron chi connectivity index (χ1n) is 7.73. The number of esters is 1. The SMILES string of the molecule is CCOC(=O)C1(NC(=O)c2cc(-c3cccs3)[nH]n2)CCCC1. The number of aromatic amines is 1. The molecule has 0 saturated heterocycles. The summed E-state index contributed by atoms with van der Waals surface area (Å²) >= 11 is 1.57. The Morgan fingerprint density at radius 2 is 2.22 bits per heavy atom. The summed E-state index contributed by atoms with van der Waals surface area (Å²) in [7, 11) is 0. The van der Waals surface area contributed by atoms with Crippen molar-refractivity contribution >= 4 is 23.2 Å². The lowest BCUT2D eigenvalue weighted by Crippen LogP contribution is -2.53. The summed E-state index contributed by atoms with van der Waals surface area (Å²) in [5.74, 6) is -0.695. The van der Waals surface area contributed by atoms with Crippen molar-refractivity contribution in [1.29, 1.82) is 0 Å². The van der Waals surface area contributed by atoms with Crippen molar-refractivity contribution in [2.75, 3.05) is 6.61 Å². The zero-order chi connectivity index (χ0) is 16.3. The van der Waals surface area contributed by atoms with E-state index in [-0.39, 0.29) is 17.6 Å². The number of thiophene rings is 1. The first-order chi connectivity index (χ1) is 11.1. The summed E-state index contributed by atoms with van der Waals surface area (Å²) < 4.78 is 5.15. The average Bonchev–Trinajstić information content (AvgIpc) is 3.28. The number of ether oxygens (including phenoxy) is 1. The molecule has 2 aromatic rings. The molecule has 1 amide bonds. The number of hydrogen-bond acceptors (Lipinski definition) is 5. The van der Waals surface area contributed by atoms with Gasteiger partial charge in [-0.05, 0) is 37.3 Å². The van der Waals surface area contributed by atoms with Crippen LogP contribution in [0.25, 0.3) is 10.6 Å². The fraction of sp³-hybridized carbons (Fsp3) is 0.438. The second-order valence-electron chi connectivity index (χ2n) is 5.61. The molecule has 0 bridgehead atoms. The van der Waals surface area contributed by atoms with Crippen molar-refractivity contribution in [3.63, 3.8) is 0 Å². The van der Waals surface area contributed by atoms with Crippen molar-refractivity contribution in [3.8, 4) is 10.6 Å². The number of aromatic nitrogens is 2. The minimum atomic E-state index is -0.908. The highest BCUT2D eigenvalue weighted by atomic mass is 32.1. The van der Waals surface area contributed by atoms with Crippen LogP contribution in [0.2, 0.25) is 0 Å². The first kappa shape index (κ1) is 15.7. The normalized spacial score (nSPS) is 16.2. The summed E-state index contributed by atoms with van der Waals surface area (Å²) in [6, 6.07) is 5.60. The molecule has 2 N–H and O–H groups in total. The molecule has 7 heteroatoms. The number of H-pyrrole nitrogens is 1. The monoisotopic (exact) mass is 333 g/mol. The van der Waals surface area contributed by atoms with E-state index >= 15 is 0 Å². The van der Waals surface area contributed by atoms with Gasteiger partial charge in [0.25, 0.3) is 5.91 Å². The molecule has 0 spiro atoms. The topological polar surface area (TPSA) is 84.1 Å². The maximum absolute atomic E-state index is 12.5. The molecule has 1 aliphatic rings. The van der Waals surface area contributed by atoms with Gasteiger partial charge in [0, 0.05) is 0 Å². The van der Waals surface area contributed by atoms with Crippen LogP contribution in [0.15, 0.2) is 23.6 Å². The van der Waals surface area contributed by atoms with Gasteiger partial charge in [-0.15, -0.1) is 11.3 Å². The second kappa shape index (κ2) is 6.54. The molecule has 122 valence electrons. The fourth-order valence-corrected chi connectivity index (χ4v) is 3.60. The number of carbonyl (C=O) groups is 2. The van der Waals surface area contributed by atoms with E-state index in [4.69, 9.17) is 4.74 Å². The summed E-state index contributed by atoms with van der Waals surface area (Å²) in [6.45, 7) is 2.07. The van der Waals surface area contributed by atoms with Gasteiger partial charge < -0.3 is 10.1 Å². The number of hydrogen-bond donors (Lipinski definition) is 2. The molecule has 1 aliphatic carbocycles. The minimum absolute atomic E-state index is 0.281. The number of amides is 1. The molecule has 1 saturated carbocycles. The van der Waals surface area contributed by atoms with E-state index in [0.717, 1.165) is 23.4 Å². The Bertz CT molecular complexity index is 687. The van der Waals surface area contributed by atoms with Crippen LogP contribution in [-0.4, -0.2) is 34.2 Å². The second-order valence-corrected chi connectivity index (χ2v) is 6.56. The van der Waals surface area contributed by atoms with E-state index < -0.39 is 5.54 Å². The van der Waals surface area contributed by atoms with Gasteiger partial charge in [0.2, 0.25) is 0 Å².